The second-order valence-corrected chi connectivity index (χ2v) is 7.23. The van der Waals surface area contributed by atoms with Crippen molar-refractivity contribution in [3.05, 3.63) is 5.21 Å². The van der Waals surface area contributed by atoms with Gasteiger partial charge in [-0.2, -0.15) is 0 Å². The standard InChI is InChI=1S/C11H20FNO3S2/c12-8-10(11(14)15)13(16)6-3-1-2-4-9-5-7-17-18-9/h9-10,13H,1-8H2,(H,14,15)/t9-,10?/m1/s1. The van der Waals surface area contributed by atoms with Crippen molar-refractivity contribution in [3.63, 3.8) is 0 Å². The lowest BCUT2D eigenvalue weighted by Gasteiger charge is -2.26. The highest BCUT2D eigenvalue weighted by Gasteiger charge is 2.23. The Morgan fingerprint density at radius 3 is 2.83 bits per heavy atom. The Balaban J connectivity index is 2.03. The molecule has 2 N–H and O–H groups in total. The number of hydrogen-bond acceptors (Lipinski definition) is 4. The van der Waals surface area contributed by atoms with Crippen LogP contribution >= 0.6 is 21.6 Å². The van der Waals surface area contributed by atoms with Crippen LogP contribution in [0.1, 0.15) is 32.1 Å². The van der Waals surface area contributed by atoms with Gasteiger partial charge in [-0.1, -0.05) is 28.0 Å². The van der Waals surface area contributed by atoms with E-state index < -0.39 is 23.7 Å². The SMILES string of the molecule is O=C(O)C(CF)[NH+]([O-])CCCCC[C@@H]1CCSS1. The van der Waals surface area contributed by atoms with Crippen molar-refractivity contribution in [1.82, 2.24) is 0 Å². The molecule has 0 amide bonds. The molecule has 0 aromatic carbocycles. The molecule has 3 atom stereocenters. The summed E-state index contributed by atoms with van der Waals surface area (Å²) in [6, 6.07) is -1.45. The molecular weight excluding hydrogens is 277 g/mol. The average molecular weight is 297 g/mol. The lowest BCUT2D eigenvalue weighted by molar-refractivity contribution is -0.866. The quantitative estimate of drug-likeness (QED) is 0.384. The minimum Gasteiger partial charge on any atom is -0.634 e. The third kappa shape index (κ3) is 5.77. The van der Waals surface area contributed by atoms with E-state index in [4.69, 9.17) is 5.11 Å². The number of alkyl halides is 1. The molecule has 0 spiro atoms. The van der Waals surface area contributed by atoms with Crippen molar-refractivity contribution in [3.8, 4) is 0 Å². The Morgan fingerprint density at radius 2 is 2.28 bits per heavy atom. The monoisotopic (exact) mass is 297 g/mol. The maximum Gasteiger partial charge on any atom is 0.365 e. The Bertz CT molecular complexity index is 252. The summed E-state index contributed by atoms with van der Waals surface area (Å²) in [4.78, 5) is 10.6. The number of rotatable bonds is 9. The van der Waals surface area contributed by atoms with E-state index in [2.05, 4.69) is 0 Å². The van der Waals surface area contributed by atoms with Crippen LogP contribution in [0.2, 0.25) is 0 Å². The van der Waals surface area contributed by atoms with E-state index in [1.165, 1.54) is 12.2 Å². The summed E-state index contributed by atoms with van der Waals surface area (Å²) < 4.78 is 12.3. The van der Waals surface area contributed by atoms with Crippen molar-refractivity contribution >= 4 is 27.6 Å². The van der Waals surface area contributed by atoms with Crippen LogP contribution in [0.5, 0.6) is 0 Å². The second-order valence-electron chi connectivity index (χ2n) is 4.44. The predicted octanol–water partition coefficient (Wildman–Crippen LogP) is 1.51. The molecule has 0 radical (unpaired) electrons. The van der Waals surface area contributed by atoms with Crippen molar-refractivity contribution in [2.45, 2.75) is 43.4 Å². The summed E-state index contributed by atoms with van der Waals surface area (Å²) in [7, 11) is 3.86. The number of halogens is 1. The maximum atomic E-state index is 12.3. The van der Waals surface area contributed by atoms with E-state index in [-0.39, 0.29) is 6.54 Å². The van der Waals surface area contributed by atoms with Gasteiger partial charge in [-0.25, -0.2) is 9.18 Å². The number of unbranched alkanes of at least 4 members (excludes halogenated alkanes) is 2. The largest absolute Gasteiger partial charge is 0.634 e. The summed E-state index contributed by atoms with van der Waals surface area (Å²) in [5.41, 5.74) is 0. The third-order valence-electron chi connectivity index (χ3n) is 3.02. The zero-order chi connectivity index (χ0) is 13.4. The molecule has 4 nitrogen and oxygen atoms in total. The summed E-state index contributed by atoms with van der Waals surface area (Å²) >= 11 is 0. The molecule has 1 saturated heterocycles. The Morgan fingerprint density at radius 1 is 1.50 bits per heavy atom. The predicted molar refractivity (Wildman–Crippen MR) is 73.5 cm³/mol. The minimum atomic E-state index is -1.45. The first kappa shape index (κ1) is 16.1. The normalized spacial score (nSPS) is 22.9. The fourth-order valence-electron chi connectivity index (χ4n) is 1.88. The van der Waals surface area contributed by atoms with Crippen LogP contribution < -0.4 is 5.06 Å². The maximum absolute atomic E-state index is 12.3. The van der Waals surface area contributed by atoms with Gasteiger partial charge < -0.3 is 15.4 Å². The first-order chi connectivity index (χ1) is 8.65. The molecule has 7 heteroatoms. The molecule has 1 aliphatic heterocycles. The molecule has 0 aliphatic carbocycles. The third-order valence-corrected chi connectivity index (χ3v) is 6.02. The number of quaternary nitrogens is 1. The van der Waals surface area contributed by atoms with Crippen molar-refractivity contribution in [2.24, 2.45) is 0 Å². The number of nitrogens with one attached hydrogen (secondary N) is 1. The lowest BCUT2D eigenvalue weighted by Crippen LogP contribution is -3.13. The van der Waals surface area contributed by atoms with Crippen LogP contribution in [0.15, 0.2) is 0 Å². The molecule has 0 aromatic heterocycles. The zero-order valence-electron chi connectivity index (χ0n) is 10.3. The van der Waals surface area contributed by atoms with Crippen LogP contribution in [-0.4, -0.2) is 41.3 Å². The number of aliphatic carboxylic acids is 1. The van der Waals surface area contributed by atoms with Crippen LogP contribution in [-0.2, 0) is 4.79 Å². The molecular formula is C11H20FNO3S2. The first-order valence-electron chi connectivity index (χ1n) is 6.25. The van der Waals surface area contributed by atoms with Crippen LogP contribution in [0.3, 0.4) is 0 Å². The smallest absolute Gasteiger partial charge is 0.365 e. The lowest BCUT2D eigenvalue weighted by atomic mass is 10.1. The highest BCUT2D eigenvalue weighted by atomic mass is 33.1. The Hall–Kier alpha value is 0.0200. The van der Waals surface area contributed by atoms with Crippen molar-refractivity contribution < 1.29 is 19.4 Å². The van der Waals surface area contributed by atoms with E-state index in [1.54, 1.807) is 0 Å². The van der Waals surface area contributed by atoms with Gasteiger partial charge in [-0.3, -0.25) is 0 Å². The molecule has 0 saturated carbocycles. The number of carbonyl (C=O) groups is 1. The summed E-state index contributed by atoms with van der Waals surface area (Å²) in [5, 5.41) is 20.3. The first-order valence-corrected chi connectivity index (χ1v) is 8.63. The van der Waals surface area contributed by atoms with Gasteiger partial charge >= 0.3 is 5.97 Å². The molecule has 1 aliphatic rings. The van der Waals surface area contributed by atoms with E-state index in [0.717, 1.165) is 24.5 Å². The van der Waals surface area contributed by atoms with Gasteiger partial charge in [0.25, 0.3) is 0 Å². The molecule has 0 aromatic rings. The van der Waals surface area contributed by atoms with Crippen molar-refractivity contribution in [2.75, 3.05) is 19.0 Å². The zero-order valence-corrected chi connectivity index (χ0v) is 11.9. The number of hydrogen-bond donors (Lipinski definition) is 2. The Kier molecular flexibility index (Phi) is 8.05. The average Bonchev–Trinajstić information content (AvgIpc) is 2.82. The van der Waals surface area contributed by atoms with Gasteiger partial charge in [-0.15, -0.1) is 0 Å². The molecule has 2 unspecified atom stereocenters. The molecule has 106 valence electrons. The van der Waals surface area contributed by atoms with Crippen LogP contribution in [0, 0.1) is 5.21 Å². The van der Waals surface area contributed by atoms with Crippen molar-refractivity contribution in [1.29, 1.82) is 0 Å². The van der Waals surface area contributed by atoms with Gasteiger partial charge in [0.1, 0.15) is 0 Å². The molecule has 1 fully saturated rings. The molecule has 1 heterocycles. The number of carboxylic acids is 1. The highest BCUT2D eigenvalue weighted by molar-refractivity contribution is 8.77. The minimum absolute atomic E-state index is 0.188. The fourth-order valence-corrected chi connectivity index (χ4v) is 4.90. The van der Waals surface area contributed by atoms with Gasteiger partial charge in [0.05, 0.1) is 6.54 Å². The van der Waals surface area contributed by atoms with Gasteiger partial charge in [0.2, 0.25) is 6.04 Å². The molecule has 18 heavy (non-hydrogen) atoms. The Labute approximate surface area is 115 Å². The van der Waals surface area contributed by atoms with Crippen LogP contribution in [0.25, 0.3) is 0 Å². The van der Waals surface area contributed by atoms with Gasteiger partial charge in [0.15, 0.2) is 6.67 Å². The number of hydroxylamine groups is 2. The molecule has 0 bridgehead atoms. The van der Waals surface area contributed by atoms with E-state index >= 15 is 0 Å². The highest BCUT2D eigenvalue weighted by Crippen LogP contribution is 2.39. The van der Waals surface area contributed by atoms with E-state index in [9.17, 15) is 14.4 Å². The summed E-state index contributed by atoms with van der Waals surface area (Å²) in [6.07, 6.45) is 5.09. The summed E-state index contributed by atoms with van der Waals surface area (Å²) in [6.45, 7) is -0.905. The van der Waals surface area contributed by atoms with Gasteiger partial charge in [-0.05, 0) is 25.7 Å². The van der Waals surface area contributed by atoms with Gasteiger partial charge in [0, 0.05) is 11.0 Å². The van der Waals surface area contributed by atoms with Crippen LogP contribution in [0.4, 0.5) is 4.39 Å². The fraction of sp³-hybridized carbons (Fsp3) is 0.909. The van der Waals surface area contributed by atoms with E-state index in [0.29, 0.717) is 6.42 Å². The number of carboxylic acid groups (broad SMARTS) is 1. The van der Waals surface area contributed by atoms with E-state index in [1.807, 2.05) is 21.6 Å². The summed E-state index contributed by atoms with van der Waals surface area (Å²) in [5.74, 6) is -0.119. The topological polar surface area (TPSA) is 64.8 Å². The second kappa shape index (κ2) is 9.01. The molecule has 1 rings (SSSR count).